The highest BCUT2D eigenvalue weighted by molar-refractivity contribution is 7.89. The summed E-state index contributed by atoms with van der Waals surface area (Å²) in [6, 6.07) is 6.26. The second kappa shape index (κ2) is 5.93. The molecule has 0 bridgehead atoms. The van der Waals surface area contributed by atoms with Gasteiger partial charge in [-0.1, -0.05) is 13.8 Å². The van der Waals surface area contributed by atoms with Crippen molar-refractivity contribution in [1.82, 2.24) is 4.31 Å². The Bertz CT molecular complexity index is 559. The van der Waals surface area contributed by atoms with Crippen LogP contribution >= 0.6 is 0 Å². The van der Waals surface area contributed by atoms with E-state index in [1.165, 1.54) is 12.1 Å². The zero-order valence-corrected chi connectivity index (χ0v) is 12.6. The van der Waals surface area contributed by atoms with Crippen LogP contribution < -0.4 is 5.32 Å². The number of benzene rings is 1. The van der Waals surface area contributed by atoms with Crippen LogP contribution in [0, 0.1) is 11.8 Å². The van der Waals surface area contributed by atoms with E-state index in [1.807, 2.05) is 0 Å². The summed E-state index contributed by atoms with van der Waals surface area (Å²) in [5.74, 6) is 0.758. The van der Waals surface area contributed by atoms with Crippen LogP contribution in [-0.2, 0) is 14.8 Å². The summed E-state index contributed by atoms with van der Waals surface area (Å²) in [6.45, 7) is 5.30. The fourth-order valence-corrected chi connectivity index (χ4v) is 4.42. The van der Waals surface area contributed by atoms with Gasteiger partial charge in [0.2, 0.25) is 16.4 Å². The number of hydrogen-bond donors (Lipinski definition) is 1. The maximum Gasteiger partial charge on any atom is 0.243 e. The number of sulfonamides is 1. The minimum atomic E-state index is -3.44. The lowest BCUT2D eigenvalue weighted by molar-refractivity contribution is -0.105. The molecule has 0 spiro atoms. The number of carbonyl (C=O) groups excluding carboxylic acids is 1. The van der Waals surface area contributed by atoms with Crippen molar-refractivity contribution < 1.29 is 13.2 Å². The van der Waals surface area contributed by atoms with E-state index in [0.29, 0.717) is 37.0 Å². The molecule has 1 aromatic rings. The zero-order valence-electron chi connectivity index (χ0n) is 11.7. The molecule has 0 saturated carbocycles. The highest BCUT2D eigenvalue weighted by Gasteiger charge is 2.31. The molecule has 20 heavy (non-hydrogen) atoms. The third-order valence-corrected chi connectivity index (χ3v) is 5.40. The topological polar surface area (TPSA) is 66.5 Å². The SMILES string of the molecule is CC1CC(C)CN(S(=O)(=O)c2ccc(NC=O)cc2)C1. The molecule has 1 aliphatic rings. The second-order valence-electron chi connectivity index (χ2n) is 5.55. The molecular weight excluding hydrogens is 276 g/mol. The predicted molar refractivity (Wildman–Crippen MR) is 77.8 cm³/mol. The summed E-state index contributed by atoms with van der Waals surface area (Å²) in [6.07, 6.45) is 1.63. The first-order valence-corrected chi connectivity index (χ1v) is 8.18. The van der Waals surface area contributed by atoms with Crippen molar-refractivity contribution in [1.29, 1.82) is 0 Å². The van der Waals surface area contributed by atoms with E-state index in [0.717, 1.165) is 6.42 Å². The maximum atomic E-state index is 12.6. The van der Waals surface area contributed by atoms with Crippen LogP contribution in [0.5, 0.6) is 0 Å². The van der Waals surface area contributed by atoms with Gasteiger partial charge in [-0.2, -0.15) is 4.31 Å². The highest BCUT2D eigenvalue weighted by atomic mass is 32.2. The van der Waals surface area contributed by atoms with Crippen LogP contribution in [0.2, 0.25) is 0 Å². The van der Waals surface area contributed by atoms with Crippen LogP contribution in [-0.4, -0.2) is 32.2 Å². The van der Waals surface area contributed by atoms with Crippen molar-refractivity contribution in [3.05, 3.63) is 24.3 Å². The predicted octanol–water partition coefficient (Wildman–Crippen LogP) is 1.92. The first kappa shape index (κ1) is 15.0. The summed E-state index contributed by atoms with van der Waals surface area (Å²) in [5, 5.41) is 2.49. The van der Waals surface area contributed by atoms with E-state index >= 15 is 0 Å². The molecule has 0 aliphatic carbocycles. The van der Waals surface area contributed by atoms with Gasteiger partial charge in [0.05, 0.1) is 4.90 Å². The molecule has 1 heterocycles. The second-order valence-corrected chi connectivity index (χ2v) is 7.49. The number of amides is 1. The van der Waals surface area contributed by atoms with E-state index in [4.69, 9.17) is 0 Å². The molecule has 110 valence electrons. The third kappa shape index (κ3) is 3.19. The highest BCUT2D eigenvalue weighted by Crippen LogP contribution is 2.27. The van der Waals surface area contributed by atoms with Crippen molar-refractivity contribution in [3.63, 3.8) is 0 Å². The van der Waals surface area contributed by atoms with Gasteiger partial charge < -0.3 is 5.32 Å². The van der Waals surface area contributed by atoms with Gasteiger partial charge in [0.15, 0.2) is 0 Å². The Balaban J connectivity index is 2.23. The van der Waals surface area contributed by atoms with E-state index in [1.54, 1.807) is 16.4 Å². The minimum absolute atomic E-state index is 0.273. The molecule has 2 atom stereocenters. The lowest BCUT2D eigenvalue weighted by atomic mass is 9.94. The van der Waals surface area contributed by atoms with Crippen LogP contribution in [0.1, 0.15) is 20.3 Å². The van der Waals surface area contributed by atoms with E-state index in [9.17, 15) is 13.2 Å². The monoisotopic (exact) mass is 296 g/mol. The molecule has 0 aromatic heterocycles. The summed E-state index contributed by atoms with van der Waals surface area (Å²) >= 11 is 0. The molecule has 1 aromatic carbocycles. The Kier molecular flexibility index (Phi) is 4.45. The number of hydrogen-bond acceptors (Lipinski definition) is 3. The average Bonchev–Trinajstić information content (AvgIpc) is 2.38. The maximum absolute atomic E-state index is 12.6. The van der Waals surface area contributed by atoms with E-state index in [2.05, 4.69) is 19.2 Å². The Morgan fingerprint density at radius 2 is 1.70 bits per heavy atom. The molecule has 1 saturated heterocycles. The zero-order chi connectivity index (χ0) is 14.8. The number of rotatable bonds is 4. The van der Waals surface area contributed by atoms with Crippen molar-refractivity contribution in [2.24, 2.45) is 11.8 Å². The van der Waals surface area contributed by atoms with Crippen LogP contribution in [0.15, 0.2) is 29.2 Å². The van der Waals surface area contributed by atoms with Crippen LogP contribution in [0.3, 0.4) is 0 Å². The van der Waals surface area contributed by atoms with Gasteiger partial charge in [-0.05, 0) is 42.5 Å². The molecule has 1 fully saturated rings. The number of piperidine rings is 1. The van der Waals surface area contributed by atoms with Crippen molar-refractivity contribution in [2.45, 2.75) is 25.2 Å². The van der Waals surface area contributed by atoms with Gasteiger partial charge in [0, 0.05) is 18.8 Å². The van der Waals surface area contributed by atoms with Crippen molar-refractivity contribution in [3.8, 4) is 0 Å². The van der Waals surface area contributed by atoms with Crippen molar-refractivity contribution in [2.75, 3.05) is 18.4 Å². The Morgan fingerprint density at radius 1 is 1.15 bits per heavy atom. The quantitative estimate of drug-likeness (QED) is 0.863. The molecular formula is C14H20N2O3S. The Hall–Kier alpha value is -1.40. The number of anilines is 1. The molecule has 0 radical (unpaired) electrons. The van der Waals surface area contributed by atoms with Crippen LogP contribution in [0.4, 0.5) is 5.69 Å². The number of nitrogens with zero attached hydrogens (tertiary/aromatic N) is 1. The summed E-state index contributed by atoms with van der Waals surface area (Å²) in [5.41, 5.74) is 0.583. The summed E-state index contributed by atoms with van der Waals surface area (Å²) in [4.78, 5) is 10.6. The van der Waals surface area contributed by atoms with Gasteiger partial charge in [0.1, 0.15) is 0 Å². The Morgan fingerprint density at radius 3 is 2.20 bits per heavy atom. The average molecular weight is 296 g/mol. The summed E-state index contributed by atoms with van der Waals surface area (Å²) < 4.78 is 26.7. The van der Waals surface area contributed by atoms with Crippen LogP contribution in [0.25, 0.3) is 0 Å². The third-order valence-electron chi connectivity index (χ3n) is 3.55. The molecule has 6 heteroatoms. The lowest BCUT2D eigenvalue weighted by Gasteiger charge is -2.34. The summed E-state index contributed by atoms with van der Waals surface area (Å²) in [7, 11) is -3.44. The molecule has 1 aliphatic heterocycles. The van der Waals surface area contributed by atoms with Crippen molar-refractivity contribution >= 4 is 22.1 Å². The van der Waals surface area contributed by atoms with E-state index in [-0.39, 0.29) is 4.90 Å². The first-order valence-electron chi connectivity index (χ1n) is 6.74. The number of nitrogens with one attached hydrogen (secondary N) is 1. The largest absolute Gasteiger partial charge is 0.329 e. The molecule has 1 amide bonds. The molecule has 2 unspecified atom stereocenters. The minimum Gasteiger partial charge on any atom is -0.329 e. The number of carbonyl (C=O) groups is 1. The lowest BCUT2D eigenvalue weighted by Crippen LogP contribution is -2.42. The smallest absolute Gasteiger partial charge is 0.243 e. The Labute approximate surface area is 120 Å². The molecule has 2 rings (SSSR count). The fraction of sp³-hybridized carbons (Fsp3) is 0.500. The fourth-order valence-electron chi connectivity index (χ4n) is 2.74. The normalized spacial score (nSPS) is 24.3. The van der Waals surface area contributed by atoms with Gasteiger partial charge in [-0.3, -0.25) is 4.79 Å². The van der Waals surface area contributed by atoms with Gasteiger partial charge in [0.25, 0.3) is 0 Å². The molecule has 1 N–H and O–H groups in total. The van der Waals surface area contributed by atoms with Gasteiger partial charge in [-0.15, -0.1) is 0 Å². The molecule has 5 nitrogen and oxygen atoms in total. The standard InChI is InChI=1S/C14H20N2O3S/c1-11-7-12(2)9-16(8-11)20(18,19)14-5-3-13(4-6-14)15-10-17/h3-6,10-12H,7-9H2,1-2H3,(H,15,17). The first-order chi connectivity index (χ1) is 9.43. The van der Waals surface area contributed by atoms with Gasteiger partial charge in [-0.25, -0.2) is 8.42 Å². The van der Waals surface area contributed by atoms with E-state index < -0.39 is 10.0 Å². The van der Waals surface area contributed by atoms with Gasteiger partial charge >= 0.3 is 0 Å².